The van der Waals surface area contributed by atoms with Gasteiger partial charge in [0.1, 0.15) is 0 Å². The van der Waals surface area contributed by atoms with Gasteiger partial charge in [-0.25, -0.2) is 0 Å². The van der Waals surface area contributed by atoms with E-state index in [0.717, 1.165) is 33.6 Å². The average molecular weight is 361 g/mol. The molecular formula is C24H27NO2. The Morgan fingerprint density at radius 3 is 2.44 bits per heavy atom. The quantitative estimate of drug-likeness (QED) is 0.594. The Morgan fingerprint density at radius 1 is 1.22 bits per heavy atom. The molecule has 0 aliphatic heterocycles. The molecule has 3 heteroatoms. The number of aliphatic hydroxyl groups excluding tert-OH is 1. The first-order valence-electron chi connectivity index (χ1n) is 9.18. The molecule has 3 nitrogen and oxygen atoms in total. The smallest absolute Gasteiger partial charge is 0.166 e. The number of rotatable bonds is 7. The molecule has 1 unspecified atom stereocenters. The van der Waals surface area contributed by atoms with E-state index in [0.29, 0.717) is 18.4 Å². The molecule has 0 bridgehead atoms. The fraction of sp³-hybridized carbons (Fsp3) is 0.333. The maximum absolute atomic E-state index is 13.2. The Hall–Kier alpha value is -2.70. The molecule has 0 saturated heterocycles. The number of carbonyl (C=O) groups excluding carboxylic acids is 1. The van der Waals surface area contributed by atoms with Crippen molar-refractivity contribution in [3.63, 3.8) is 0 Å². The standard InChI is InChI=1S/C24H27NO2/c1-6-8-20-13-16(2)23(17(3)14-20)19(5)24(27)21(11-12-26)15-22-10-7-9-18(4)25-22/h7,9-10,13-14,21,26H,5,11-12,15H2,1-4H3. The van der Waals surface area contributed by atoms with Gasteiger partial charge in [0.05, 0.1) is 0 Å². The minimum atomic E-state index is -0.342. The Labute approximate surface area is 162 Å². The molecule has 1 atom stereocenters. The molecule has 0 saturated carbocycles. The fourth-order valence-electron chi connectivity index (χ4n) is 3.47. The summed E-state index contributed by atoms with van der Waals surface area (Å²) in [6.07, 6.45) is 0.891. The van der Waals surface area contributed by atoms with E-state index in [2.05, 4.69) is 23.4 Å². The monoisotopic (exact) mass is 361 g/mol. The maximum atomic E-state index is 13.2. The van der Waals surface area contributed by atoms with Gasteiger partial charge in [-0.1, -0.05) is 18.6 Å². The molecule has 2 aromatic rings. The van der Waals surface area contributed by atoms with Crippen molar-refractivity contribution in [2.45, 2.75) is 40.5 Å². The Morgan fingerprint density at radius 2 is 1.89 bits per heavy atom. The number of pyridine rings is 1. The van der Waals surface area contributed by atoms with Crippen molar-refractivity contribution in [3.05, 3.63) is 70.6 Å². The molecule has 0 aliphatic carbocycles. The van der Waals surface area contributed by atoms with E-state index in [1.165, 1.54) is 0 Å². The van der Waals surface area contributed by atoms with Crippen LogP contribution < -0.4 is 0 Å². The highest BCUT2D eigenvalue weighted by molar-refractivity contribution is 6.21. The molecule has 0 radical (unpaired) electrons. The van der Waals surface area contributed by atoms with Crippen molar-refractivity contribution in [1.29, 1.82) is 0 Å². The second kappa shape index (κ2) is 9.30. The third-order valence-corrected chi connectivity index (χ3v) is 4.65. The van der Waals surface area contributed by atoms with Gasteiger partial charge in [0, 0.05) is 35.0 Å². The first kappa shape index (κ1) is 20.6. The Bertz CT molecular complexity index is 892. The second-order valence-electron chi connectivity index (χ2n) is 6.89. The lowest BCUT2D eigenvalue weighted by Gasteiger charge is -2.19. The number of aromatic nitrogens is 1. The molecule has 1 heterocycles. The van der Waals surface area contributed by atoms with Crippen molar-refractivity contribution >= 4 is 11.4 Å². The lowest BCUT2D eigenvalue weighted by Crippen LogP contribution is -2.21. The summed E-state index contributed by atoms with van der Waals surface area (Å²) >= 11 is 0. The van der Waals surface area contributed by atoms with E-state index in [4.69, 9.17) is 0 Å². The largest absolute Gasteiger partial charge is 0.396 e. The van der Waals surface area contributed by atoms with Crippen LogP contribution in [-0.2, 0) is 11.2 Å². The molecule has 0 amide bonds. The second-order valence-corrected chi connectivity index (χ2v) is 6.89. The van der Waals surface area contributed by atoms with Crippen molar-refractivity contribution < 1.29 is 9.90 Å². The van der Waals surface area contributed by atoms with Crippen molar-refractivity contribution in [2.75, 3.05) is 6.61 Å². The lowest BCUT2D eigenvalue weighted by atomic mass is 9.85. The predicted octanol–water partition coefficient (Wildman–Crippen LogP) is 4.20. The van der Waals surface area contributed by atoms with E-state index >= 15 is 0 Å². The van der Waals surface area contributed by atoms with Gasteiger partial charge < -0.3 is 5.11 Å². The van der Waals surface area contributed by atoms with Crippen LogP contribution in [-0.4, -0.2) is 22.5 Å². The van der Waals surface area contributed by atoms with Crippen LogP contribution in [0.5, 0.6) is 0 Å². The number of aryl methyl sites for hydroxylation is 3. The zero-order valence-electron chi connectivity index (χ0n) is 16.6. The van der Waals surface area contributed by atoms with Gasteiger partial charge in [-0.2, -0.15) is 0 Å². The SMILES string of the molecule is C=C(C(=O)C(CCO)Cc1cccc(C)n1)c1c(C)cc(C#CC)cc1C. The minimum absolute atomic E-state index is 0.0344. The molecule has 1 N–H and O–H groups in total. The number of hydrogen-bond donors (Lipinski definition) is 1. The Kier molecular flexibility index (Phi) is 7.10. The zero-order chi connectivity index (χ0) is 20.0. The number of Topliss-reactive ketones (excluding diaryl/α,β-unsaturated/α-hetero) is 1. The van der Waals surface area contributed by atoms with E-state index < -0.39 is 0 Å². The molecule has 0 aliphatic rings. The molecule has 0 spiro atoms. The average Bonchev–Trinajstić information content (AvgIpc) is 2.60. The summed E-state index contributed by atoms with van der Waals surface area (Å²) in [5, 5.41) is 9.46. The zero-order valence-corrected chi connectivity index (χ0v) is 16.6. The maximum Gasteiger partial charge on any atom is 0.166 e. The van der Waals surface area contributed by atoms with Gasteiger partial charge in [-0.3, -0.25) is 9.78 Å². The van der Waals surface area contributed by atoms with Crippen molar-refractivity contribution in [1.82, 2.24) is 4.98 Å². The highest BCUT2D eigenvalue weighted by Crippen LogP contribution is 2.28. The summed E-state index contributed by atoms with van der Waals surface area (Å²) in [5.41, 5.74) is 6.06. The lowest BCUT2D eigenvalue weighted by molar-refractivity contribution is -0.117. The number of ketones is 1. The summed E-state index contributed by atoms with van der Waals surface area (Å²) in [4.78, 5) is 17.7. The topological polar surface area (TPSA) is 50.2 Å². The van der Waals surface area contributed by atoms with Crippen LogP contribution in [0, 0.1) is 38.5 Å². The van der Waals surface area contributed by atoms with Gasteiger partial charge >= 0.3 is 0 Å². The summed E-state index contributed by atoms with van der Waals surface area (Å²) in [7, 11) is 0. The van der Waals surface area contributed by atoms with E-state index in [-0.39, 0.29) is 18.3 Å². The number of nitrogens with zero attached hydrogens (tertiary/aromatic N) is 1. The van der Waals surface area contributed by atoms with E-state index in [1.54, 1.807) is 6.92 Å². The van der Waals surface area contributed by atoms with Crippen LogP contribution in [0.25, 0.3) is 5.57 Å². The molecular weight excluding hydrogens is 334 g/mol. The number of hydrogen-bond acceptors (Lipinski definition) is 3. The molecule has 2 rings (SSSR count). The van der Waals surface area contributed by atoms with Crippen LogP contribution in [0.15, 0.2) is 36.9 Å². The van der Waals surface area contributed by atoms with Gasteiger partial charge in [0.15, 0.2) is 5.78 Å². The van der Waals surface area contributed by atoms with Gasteiger partial charge in [-0.15, -0.1) is 5.92 Å². The van der Waals surface area contributed by atoms with Crippen molar-refractivity contribution in [3.8, 4) is 11.8 Å². The van der Waals surface area contributed by atoms with Gasteiger partial charge in [-0.05, 0) is 81.5 Å². The van der Waals surface area contributed by atoms with Crippen LogP contribution in [0.2, 0.25) is 0 Å². The molecule has 1 aromatic carbocycles. The first-order chi connectivity index (χ1) is 12.9. The number of carbonyl (C=O) groups is 1. The summed E-state index contributed by atoms with van der Waals surface area (Å²) in [6.45, 7) is 11.7. The van der Waals surface area contributed by atoms with E-state index in [1.807, 2.05) is 51.1 Å². The minimum Gasteiger partial charge on any atom is -0.396 e. The highest BCUT2D eigenvalue weighted by atomic mass is 16.3. The molecule has 1 aromatic heterocycles. The fourth-order valence-corrected chi connectivity index (χ4v) is 3.47. The van der Waals surface area contributed by atoms with Crippen LogP contribution in [0.3, 0.4) is 0 Å². The number of benzene rings is 1. The van der Waals surface area contributed by atoms with Crippen molar-refractivity contribution in [2.24, 2.45) is 5.92 Å². The summed E-state index contributed by atoms with van der Waals surface area (Å²) in [6, 6.07) is 9.76. The first-order valence-corrected chi connectivity index (χ1v) is 9.18. The summed E-state index contributed by atoms with van der Waals surface area (Å²) < 4.78 is 0. The molecule has 140 valence electrons. The number of allylic oxidation sites excluding steroid dienone is 1. The number of aliphatic hydroxyl groups is 1. The Balaban J connectivity index is 2.32. The highest BCUT2D eigenvalue weighted by Gasteiger charge is 2.24. The third kappa shape index (κ3) is 5.15. The van der Waals surface area contributed by atoms with Crippen LogP contribution >= 0.6 is 0 Å². The van der Waals surface area contributed by atoms with Gasteiger partial charge in [0.2, 0.25) is 0 Å². The van der Waals surface area contributed by atoms with Crippen LogP contribution in [0.1, 0.15) is 47.0 Å². The third-order valence-electron chi connectivity index (χ3n) is 4.65. The molecule has 0 fully saturated rings. The summed E-state index contributed by atoms with van der Waals surface area (Å²) in [5.74, 6) is 5.59. The predicted molar refractivity (Wildman–Crippen MR) is 110 cm³/mol. The van der Waals surface area contributed by atoms with Crippen LogP contribution in [0.4, 0.5) is 0 Å². The van der Waals surface area contributed by atoms with Gasteiger partial charge in [0.25, 0.3) is 0 Å². The molecule has 27 heavy (non-hydrogen) atoms. The normalized spacial score (nSPS) is 11.4. The van der Waals surface area contributed by atoms with E-state index in [9.17, 15) is 9.90 Å².